The number of rotatable bonds is 6. The molecule has 0 atom stereocenters. The van der Waals surface area contributed by atoms with E-state index in [0.29, 0.717) is 5.56 Å². The van der Waals surface area contributed by atoms with Gasteiger partial charge in [0.15, 0.2) is 0 Å². The Balaban J connectivity index is 1.93. The minimum Gasteiger partial charge on any atom is -0.507 e. The van der Waals surface area contributed by atoms with Crippen LogP contribution in [0.1, 0.15) is 37.3 Å². The zero-order chi connectivity index (χ0) is 20.4. The van der Waals surface area contributed by atoms with Crippen molar-refractivity contribution in [1.82, 2.24) is 4.98 Å². The second-order valence-corrected chi connectivity index (χ2v) is 7.75. The van der Waals surface area contributed by atoms with Crippen LogP contribution in [-0.4, -0.2) is 15.2 Å². The molecule has 0 unspecified atom stereocenters. The fourth-order valence-electron chi connectivity index (χ4n) is 4.06. The van der Waals surface area contributed by atoms with Crippen molar-refractivity contribution in [3.05, 3.63) is 71.8 Å². The van der Waals surface area contributed by atoms with E-state index in [-0.39, 0.29) is 11.5 Å². The first-order chi connectivity index (χ1) is 14.1. The summed E-state index contributed by atoms with van der Waals surface area (Å²) in [5, 5.41) is 23.3. The summed E-state index contributed by atoms with van der Waals surface area (Å²) in [4.78, 5) is 3.45. The summed E-state index contributed by atoms with van der Waals surface area (Å²) in [6.07, 6.45) is 4.08. The summed E-state index contributed by atoms with van der Waals surface area (Å²) in [6, 6.07) is 19.9. The zero-order valence-electron chi connectivity index (χ0n) is 17.0. The number of aryl methyl sites for hydroxylation is 2. The highest BCUT2D eigenvalue weighted by atomic mass is 16.3. The number of nitrogens with one attached hydrogen (secondary N) is 1. The first-order valence-electron chi connectivity index (χ1n) is 10.3. The van der Waals surface area contributed by atoms with E-state index in [1.807, 2.05) is 55.5 Å². The van der Waals surface area contributed by atoms with Crippen LogP contribution >= 0.6 is 0 Å². The molecule has 1 heterocycles. The van der Waals surface area contributed by atoms with Crippen molar-refractivity contribution in [2.75, 3.05) is 0 Å². The fourth-order valence-corrected chi connectivity index (χ4v) is 4.06. The smallest absolute Gasteiger partial charge is 0.136 e. The summed E-state index contributed by atoms with van der Waals surface area (Å²) in [5.74, 6) is 0.258. The van der Waals surface area contributed by atoms with E-state index in [1.54, 1.807) is 0 Å². The fraction of sp³-hybridized carbons (Fsp3) is 0.231. The van der Waals surface area contributed by atoms with Gasteiger partial charge in [-0.1, -0.05) is 67.8 Å². The molecule has 0 saturated heterocycles. The van der Waals surface area contributed by atoms with E-state index in [9.17, 15) is 10.2 Å². The number of para-hydroxylation sites is 1. The topological polar surface area (TPSA) is 56.2 Å². The normalized spacial score (nSPS) is 11.2. The van der Waals surface area contributed by atoms with Gasteiger partial charge in [-0.05, 0) is 49.1 Å². The molecule has 0 spiro atoms. The van der Waals surface area contributed by atoms with Gasteiger partial charge in [0.1, 0.15) is 11.5 Å². The first-order valence-corrected chi connectivity index (χ1v) is 10.3. The molecule has 29 heavy (non-hydrogen) atoms. The number of hydrogen-bond acceptors (Lipinski definition) is 2. The Morgan fingerprint density at radius 2 is 1.69 bits per heavy atom. The monoisotopic (exact) mass is 385 g/mol. The van der Waals surface area contributed by atoms with Crippen LogP contribution in [0.3, 0.4) is 0 Å². The minimum atomic E-state index is 0.124. The number of aromatic nitrogens is 1. The molecule has 0 saturated carbocycles. The van der Waals surface area contributed by atoms with Gasteiger partial charge in [-0.15, -0.1) is 0 Å². The molecule has 0 aliphatic heterocycles. The maximum absolute atomic E-state index is 11.3. The van der Waals surface area contributed by atoms with Crippen molar-refractivity contribution in [2.45, 2.75) is 39.5 Å². The lowest BCUT2D eigenvalue weighted by molar-refractivity contribution is 0.454. The molecule has 0 aliphatic carbocycles. The van der Waals surface area contributed by atoms with Crippen molar-refractivity contribution < 1.29 is 10.2 Å². The van der Waals surface area contributed by atoms with Gasteiger partial charge in [0, 0.05) is 16.5 Å². The predicted molar refractivity (Wildman–Crippen MR) is 120 cm³/mol. The third kappa shape index (κ3) is 3.73. The predicted octanol–water partition coefficient (Wildman–Crippen LogP) is 6.95. The van der Waals surface area contributed by atoms with Gasteiger partial charge in [-0.25, -0.2) is 0 Å². The van der Waals surface area contributed by atoms with Crippen molar-refractivity contribution in [2.24, 2.45) is 0 Å². The Kier molecular flexibility index (Phi) is 5.30. The standard InChI is InChI=1S/C26H27NO2/c1-3-4-5-11-20-16-23(28)25(19-12-8-9-17(2)14-19)26(29)24(20)22-15-18-10-6-7-13-21(18)27-22/h6-10,12-16,27-29H,3-5,11H2,1-2H3. The summed E-state index contributed by atoms with van der Waals surface area (Å²) in [7, 11) is 0. The quantitative estimate of drug-likeness (QED) is 0.314. The van der Waals surface area contributed by atoms with Gasteiger partial charge in [0.05, 0.1) is 11.3 Å². The highest BCUT2D eigenvalue weighted by Crippen LogP contribution is 2.46. The summed E-state index contributed by atoms with van der Waals surface area (Å²) >= 11 is 0. The second-order valence-electron chi connectivity index (χ2n) is 7.75. The van der Waals surface area contributed by atoms with Crippen LogP contribution in [0.2, 0.25) is 0 Å². The number of benzene rings is 3. The number of unbranched alkanes of at least 4 members (excludes halogenated alkanes) is 2. The van der Waals surface area contributed by atoms with Crippen molar-refractivity contribution in [1.29, 1.82) is 0 Å². The van der Waals surface area contributed by atoms with Crippen molar-refractivity contribution >= 4 is 10.9 Å². The molecule has 0 bridgehead atoms. The van der Waals surface area contributed by atoms with Crippen LogP contribution in [0.4, 0.5) is 0 Å². The van der Waals surface area contributed by atoms with E-state index >= 15 is 0 Å². The van der Waals surface area contributed by atoms with E-state index < -0.39 is 0 Å². The highest BCUT2D eigenvalue weighted by molar-refractivity contribution is 5.92. The lowest BCUT2D eigenvalue weighted by Crippen LogP contribution is -1.95. The lowest BCUT2D eigenvalue weighted by Gasteiger charge is -2.17. The largest absolute Gasteiger partial charge is 0.507 e. The molecule has 0 amide bonds. The summed E-state index contributed by atoms with van der Waals surface area (Å²) < 4.78 is 0. The number of aromatic amines is 1. The van der Waals surface area contributed by atoms with E-state index in [2.05, 4.69) is 24.0 Å². The molecule has 4 rings (SSSR count). The molecule has 3 aromatic carbocycles. The van der Waals surface area contributed by atoms with E-state index in [4.69, 9.17) is 0 Å². The Labute approximate surface area is 171 Å². The van der Waals surface area contributed by atoms with Crippen molar-refractivity contribution in [3.63, 3.8) is 0 Å². The maximum atomic E-state index is 11.3. The number of H-pyrrole nitrogens is 1. The average Bonchev–Trinajstić information content (AvgIpc) is 3.11. The van der Waals surface area contributed by atoms with Crippen LogP contribution < -0.4 is 0 Å². The Hall–Kier alpha value is -3.20. The molecule has 4 aromatic rings. The third-order valence-electron chi connectivity index (χ3n) is 5.52. The maximum Gasteiger partial charge on any atom is 0.136 e. The second kappa shape index (κ2) is 8.04. The van der Waals surface area contributed by atoms with Crippen LogP contribution in [0, 0.1) is 6.92 Å². The van der Waals surface area contributed by atoms with E-state index in [0.717, 1.165) is 64.5 Å². The number of phenols is 2. The Morgan fingerprint density at radius 3 is 2.45 bits per heavy atom. The van der Waals surface area contributed by atoms with Gasteiger partial charge in [0.2, 0.25) is 0 Å². The number of aromatic hydroxyl groups is 2. The van der Waals surface area contributed by atoms with Gasteiger partial charge in [-0.2, -0.15) is 0 Å². The Morgan fingerprint density at radius 1 is 0.862 bits per heavy atom. The third-order valence-corrected chi connectivity index (χ3v) is 5.52. The molecule has 3 heteroatoms. The molecule has 3 nitrogen and oxygen atoms in total. The van der Waals surface area contributed by atoms with Gasteiger partial charge in [-0.3, -0.25) is 0 Å². The van der Waals surface area contributed by atoms with Gasteiger partial charge in [0.25, 0.3) is 0 Å². The van der Waals surface area contributed by atoms with Crippen LogP contribution in [0.25, 0.3) is 33.3 Å². The number of hydrogen-bond donors (Lipinski definition) is 3. The van der Waals surface area contributed by atoms with E-state index in [1.165, 1.54) is 0 Å². The first kappa shape index (κ1) is 19.1. The van der Waals surface area contributed by atoms with Crippen LogP contribution in [0.5, 0.6) is 11.5 Å². The molecule has 1 aromatic heterocycles. The summed E-state index contributed by atoms with van der Waals surface area (Å²) in [5.41, 5.74) is 6.05. The van der Waals surface area contributed by atoms with Gasteiger partial charge >= 0.3 is 0 Å². The zero-order valence-corrected chi connectivity index (χ0v) is 17.0. The van der Waals surface area contributed by atoms with Gasteiger partial charge < -0.3 is 15.2 Å². The molecule has 148 valence electrons. The molecule has 0 fully saturated rings. The molecule has 3 N–H and O–H groups in total. The average molecular weight is 386 g/mol. The molecular weight excluding hydrogens is 358 g/mol. The highest BCUT2D eigenvalue weighted by Gasteiger charge is 2.21. The van der Waals surface area contributed by atoms with Crippen LogP contribution in [-0.2, 0) is 6.42 Å². The Bertz CT molecular complexity index is 1120. The molecule has 0 radical (unpaired) electrons. The lowest BCUT2D eigenvalue weighted by atomic mass is 9.91. The van der Waals surface area contributed by atoms with Crippen LogP contribution in [0.15, 0.2) is 60.7 Å². The summed E-state index contributed by atoms with van der Waals surface area (Å²) in [6.45, 7) is 4.18. The SMILES string of the molecule is CCCCCc1cc(O)c(-c2cccc(C)c2)c(O)c1-c1cc2ccccc2[nH]1. The molecule has 0 aliphatic rings. The molecular formula is C26H27NO2. The van der Waals surface area contributed by atoms with Crippen molar-refractivity contribution in [3.8, 4) is 33.9 Å². The minimum absolute atomic E-state index is 0.124. The number of phenolic OH excluding ortho intramolecular Hbond substituents is 2. The number of fused-ring (bicyclic) bond motifs is 1.